The van der Waals surface area contributed by atoms with Gasteiger partial charge in [0.15, 0.2) is 0 Å². The second-order valence-electron chi connectivity index (χ2n) is 4.55. The molecule has 0 atom stereocenters. The Morgan fingerprint density at radius 2 is 1.53 bits per heavy atom. The number of nitrogens with zero attached hydrogens (tertiary/aromatic N) is 1. The summed E-state index contributed by atoms with van der Waals surface area (Å²) in [6, 6.07) is 22.3. The highest BCUT2D eigenvalue weighted by molar-refractivity contribution is 5.92. The van der Waals surface area contributed by atoms with E-state index >= 15 is 0 Å². The zero-order chi connectivity index (χ0) is 12.7. The van der Waals surface area contributed by atoms with Crippen LogP contribution in [0.25, 0.3) is 33.3 Å². The molecule has 0 aliphatic rings. The number of fused-ring (bicyclic) bond motifs is 2. The SMILES string of the molecule is c1ccc(-c2cc3cc4ccccc4nc3o2)cc1. The average Bonchev–Trinajstić information content (AvgIpc) is 2.88. The Labute approximate surface area is 110 Å². The van der Waals surface area contributed by atoms with Crippen molar-refractivity contribution in [2.45, 2.75) is 0 Å². The van der Waals surface area contributed by atoms with Crippen LogP contribution in [0.4, 0.5) is 0 Å². The highest BCUT2D eigenvalue weighted by atomic mass is 16.3. The molecule has 4 aromatic rings. The third-order valence-electron chi connectivity index (χ3n) is 3.27. The van der Waals surface area contributed by atoms with Gasteiger partial charge in [0, 0.05) is 16.3 Å². The molecule has 0 aliphatic carbocycles. The molecule has 2 heteroatoms. The molecule has 0 saturated carbocycles. The molecule has 4 rings (SSSR count). The van der Waals surface area contributed by atoms with Crippen molar-refractivity contribution < 1.29 is 4.42 Å². The first kappa shape index (κ1) is 10.3. The van der Waals surface area contributed by atoms with E-state index in [9.17, 15) is 0 Å². The molecule has 2 aromatic heterocycles. The highest BCUT2D eigenvalue weighted by Crippen LogP contribution is 2.28. The maximum absolute atomic E-state index is 5.85. The lowest BCUT2D eigenvalue weighted by Crippen LogP contribution is -1.77. The van der Waals surface area contributed by atoms with Gasteiger partial charge < -0.3 is 4.42 Å². The predicted molar refractivity (Wildman–Crippen MR) is 77.0 cm³/mol. The van der Waals surface area contributed by atoms with Gasteiger partial charge in [0.25, 0.3) is 0 Å². The highest BCUT2D eigenvalue weighted by Gasteiger charge is 2.08. The second-order valence-corrected chi connectivity index (χ2v) is 4.55. The lowest BCUT2D eigenvalue weighted by Gasteiger charge is -1.95. The molecule has 0 bridgehead atoms. The maximum atomic E-state index is 5.85. The summed E-state index contributed by atoms with van der Waals surface area (Å²) in [5, 5.41) is 2.17. The molecule has 90 valence electrons. The van der Waals surface area contributed by atoms with Gasteiger partial charge in [-0.2, -0.15) is 0 Å². The van der Waals surface area contributed by atoms with E-state index in [1.54, 1.807) is 0 Å². The van der Waals surface area contributed by atoms with Crippen molar-refractivity contribution in [2.24, 2.45) is 0 Å². The van der Waals surface area contributed by atoms with Crippen molar-refractivity contribution in [3.05, 3.63) is 66.7 Å². The third kappa shape index (κ3) is 1.69. The number of hydrogen-bond acceptors (Lipinski definition) is 2. The van der Waals surface area contributed by atoms with Crippen LogP contribution in [0.1, 0.15) is 0 Å². The van der Waals surface area contributed by atoms with Crippen molar-refractivity contribution in [3.63, 3.8) is 0 Å². The van der Waals surface area contributed by atoms with Crippen LogP contribution in [0.5, 0.6) is 0 Å². The number of aromatic nitrogens is 1. The summed E-state index contributed by atoms with van der Waals surface area (Å²) in [6.07, 6.45) is 0. The maximum Gasteiger partial charge on any atom is 0.227 e. The van der Waals surface area contributed by atoms with Crippen molar-refractivity contribution in [3.8, 4) is 11.3 Å². The minimum absolute atomic E-state index is 0.692. The van der Waals surface area contributed by atoms with Gasteiger partial charge in [-0.3, -0.25) is 0 Å². The number of para-hydroxylation sites is 1. The van der Waals surface area contributed by atoms with Gasteiger partial charge in [0.2, 0.25) is 5.71 Å². The minimum atomic E-state index is 0.692. The van der Waals surface area contributed by atoms with E-state index in [0.29, 0.717) is 5.71 Å². The number of hydrogen-bond donors (Lipinski definition) is 0. The Bertz CT molecular complexity index is 810. The molecule has 0 unspecified atom stereocenters. The summed E-state index contributed by atoms with van der Waals surface area (Å²) < 4.78 is 5.85. The molecular weight excluding hydrogens is 234 g/mol. The van der Waals surface area contributed by atoms with E-state index in [0.717, 1.165) is 27.6 Å². The molecular formula is C17H11NO. The van der Waals surface area contributed by atoms with Crippen LogP contribution in [0.2, 0.25) is 0 Å². The van der Waals surface area contributed by atoms with Gasteiger partial charge in [-0.15, -0.1) is 0 Å². The van der Waals surface area contributed by atoms with E-state index < -0.39 is 0 Å². The fourth-order valence-electron chi connectivity index (χ4n) is 2.32. The quantitative estimate of drug-likeness (QED) is 0.488. The zero-order valence-electron chi connectivity index (χ0n) is 10.2. The summed E-state index contributed by atoms with van der Waals surface area (Å²) in [7, 11) is 0. The number of furan rings is 1. The zero-order valence-corrected chi connectivity index (χ0v) is 10.2. The summed E-state index contributed by atoms with van der Waals surface area (Å²) in [5.41, 5.74) is 2.73. The van der Waals surface area contributed by atoms with Crippen LogP contribution < -0.4 is 0 Å². The standard InChI is InChI=1S/C17H11NO/c1-2-6-12(7-3-1)16-11-14-10-13-8-4-5-9-15(13)18-17(14)19-16/h1-11H. The number of pyridine rings is 1. The molecule has 2 heterocycles. The Morgan fingerprint density at radius 3 is 2.42 bits per heavy atom. The van der Waals surface area contributed by atoms with Gasteiger partial charge in [-0.05, 0) is 18.2 Å². The van der Waals surface area contributed by atoms with Crippen LogP contribution >= 0.6 is 0 Å². The topological polar surface area (TPSA) is 26.0 Å². The van der Waals surface area contributed by atoms with Gasteiger partial charge in [0.1, 0.15) is 5.76 Å². The average molecular weight is 245 g/mol. The summed E-state index contributed by atoms with van der Waals surface area (Å²) in [4.78, 5) is 4.56. The first-order chi connectivity index (χ1) is 9.40. The Hall–Kier alpha value is -2.61. The molecule has 0 saturated heterocycles. The van der Waals surface area contributed by atoms with Crippen molar-refractivity contribution in [1.82, 2.24) is 4.98 Å². The van der Waals surface area contributed by atoms with Crippen LogP contribution in [0.3, 0.4) is 0 Å². The molecule has 0 radical (unpaired) electrons. The van der Waals surface area contributed by atoms with Crippen molar-refractivity contribution >= 4 is 22.0 Å². The van der Waals surface area contributed by atoms with Crippen LogP contribution in [-0.4, -0.2) is 4.98 Å². The second kappa shape index (κ2) is 3.95. The van der Waals surface area contributed by atoms with E-state index in [1.807, 2.05) is 54.6 Å². The number of rotatable bonds is 1. The lowest BCUT2D eigenvalue weighted by atomic mass is 10.1. The predicted octanol–water partition coefficient (Wildman–Crippen LogP) is 4.65. The molecule has 0 spiro atoms. The van der Waals surface area contributed by atoms with E-state index in [-0.39, 0.29) is 0 Å². The summed E-state index contributed by atoms with van der Waals surface area (Å²) in [6.45, 7) is 0. The fraction of sp³-hybridized carbons (Fsp3) is 0. The van der Waals surface area contributed by atoms with Gasteiger partial charge >= 0.3 is 0 Å². The molecule has 0 aliphatic heterocycles. The van der Waals surface area contributed by atoms with Gasteiger partial charge in [-0.1, -0.05) is 48.5 Å². The molecule has 0 fully saturated rings. The number of benzene rings is 2. The first-order valence-corrected chi connectivity index (χ1v) is 6.25. The molecule has 2 aromatic carbocycles. The van der Waals surface area contributed by atoms with Gasteiger partial charge in [0.05, 0.1) is 5.52 Å². The van der Waals surface area contributed by atoms with E-state index in [1.165, 1.54) is 0 Å². The van der Waals surface area contributed by atoms with Crippen molar-refractivity contribution in [2.75, 3.05) is 0 Å². The summed E-state index contributed by atoms with van der Waals surface area (Å²) in [5.74, 6) is 0.860. The molecule has 19 heavy (non-hydrogen) atoms. The third-order valence-corrected chi connectivity index (χ3v) is 3.27. The molecule has 0 amide bonds. The van der Waals surface area contributed by atoms with Crippen LogP contribution in [0.15, 0.2) is 71.1 Å². The fourth-order valence-corrected chi connectivity index (χ4v) is 2.32. The lowest BCUT2D eigenvalue weighted by molar-refractivity contribution is 0.620. The Morgan fingerprint density at radius 1 is 0.737 bits per heavy atom. The van der Waals surface area contributed by atoms with Crippen molar-refractivity contribution in [1.29, 1.82) is 0 Å². The molecule has 2 nitrogen and oxygen atoms in total. The van der Waals surface area contributed by atoms with E-state index in [2.05, 4.69) is 17.1 Å². The Kier molecular flexibility index (Phi) is 2.15. The monoisotopic (exact) mass is 245 g/mol. The summed E-state index contributed by atoms with van der Waals surface area (Å²) >= 11 is 0. The first-order valence-electron chi connectivity index (χ1n) is 6.25. The van der Waals surface area contributed by atoms with Crippen LogP contribution in [-0.2, 0) is 0 Å². The molecule has 0 N–H and O–H groups in total. The smallest absolute Gasteiger partial charge is 0.227 e. The van der Waals surface area contributed by atoms with Gasteiger partial charge in [-0.25, -0.2) is 4.98 Å². The van der Waals surface area contributed by atoms with Crippen LogP contribution in [0, 0.1) is 0 Å². The largest absolute Gasteiger partial charge is 0.438 e. The van der Waals surface area contributed by atoms with E-state index in [4.69, 9.17) is 4.42 Å². The minimum Gasteiger partial charge on any atom is -0.438 e. The Balaban J connectivity index is 1.98. The normalized spacial score (nSPS) is 11.2.